The van der Waals surface area contributed by atoms with E-state index in [1.807, 2.05) is 29.9 Å². The third-order valence-corrected chi connectivity index (χ3v) is 3.08. The molecule has 5 heteroatoms. The summed E-state index contributed by atoms with van der Waals surface area (Å²) in [6, 6.07) is 6.00. The minimum absolute atomic E-state index is 0.267. The minimum Gasteiger partial charge on any atom is -0.314 e. The summed E-state index contributed by atoms with van der Waals surface area (Å²) in [6.45, 7) is 4.87. The molecule has 4 nitrogen and oxygen atoms in total. The minimum atomic E-state index is 0.267. The maximum absolute atomic E-state index is 6.42. The number of nitrogens with one attached hydrogen (secondary N) is 1. The van der Waals surface area contributed by atoms with Gasteiger partial charge in [-0.3, -0.25) is 9.67 Å². The van der Waals surface area contributed by atoms with Crippen molar-refractivity contribution in [3.8, 4) is 11.4 Å². The normalized spacial score (nSPS) is 11.2. The van der Waals surface area contributed by atoms with Crippen LogP contribution >= 0.6 is 11.6 Å². The molecule has 0 saturated carbocycles. The number of halogens is 1. The molecule has 0 spiro atoms. The Morgan fingerprint density at radius 3 is 2.72 bits per heavy atom. The highest BCUT2D eigenvalue weighted by Gasteiger charge is 2.19. The van der Waals surface area contributed by atoms with Crippen LogP contribution in [0, 0.1) is 0 Å². The third-order valence-electron chi connectivity index (χ3n) is 2.69. The fraction of sp³-hybridized carbons (Fsp3) is 0.385. The smallest absolute Gasteiger partial charge is 0.130 e. The average molecular weight is 265 g/mol. The van der Waals surface area contributed by atoms with Gasteiger partial charge < -0.3 is 5.32 Å². The van der Waals surface area contributed by atoms with E-state index in [9.17, 15) is 0 Å². The highest BCUT2D eigenvalue weighted by atomic mass is 35.5. The van der Waals surface area contributed by atoms with Gasteiger partial charge in [-0.2, -0.15) is 5.10 Å². The van der Waals surface area contributed by atoms with Crippen molar-refractivity contribution in [2.45, 2.75) is 26.4 Å². The molecule has 0 aliphatic rings. The molecule has 2 aromatic rings. The topological polar surface area (TPSA) is 42.7 Å². The van der Waals surface area contributed by atoms with Crippen molar-refractivity contribution in [2.75, 3.05) is 7.05 Å². The summed E-state index contributed by atoms with van der Waals surface area (Å²) in [4.78, 5) is 4.30. The van der Waals surface area contributed by atoms with Gasteiger partial charge in [0, 0.05) is 18.8 Å². The Labute approximate surface area is 112 Å². The van der Waals surface area contributed by atoms with E-state index in [1.54, 1.807) is 6.20 Å². The van der Waals surface area contributed by atoms with E-state index in [-0.39, 0.29) is 6.04 Å². The van der Waals surface area contributed by atoms with Crippen LogP contribution in [0.15, 0.2) is 24.4 Å². The van der Waals surface area contributed by atoms with E-state index in [2.05, 4.69) is 29.2 Å². The summed E-state index contributed by atoms with van der Waals surface area (Å²) < 4.78 is 1.95. The van der Waals surface area contributed by atoms with Gasteiger partial charge in [0.2, 0.25) is 0 Å². The molecular formula is C13H17ClN4. The lowest BCUT2D eigenvalue weighted by Gasteiger charge is -2.10. The molecule has 0 radical (unpaired) electrons. The molecule has 0 bridgehead atoms. The number of nitrogens with zero attached hydrogens (tertiary/aromatic N) is 3. The van der Waals surface area contributed by atoms with Gasteiger partial charge in [0.05, 0.1) is 16.4 Å². The Morgan fingerprint density at radius 2 is 2.17 bits per heavy atom. The highest BCUT2D eigenvalue weighted by molar-refractivity contribution is 6.33. The van der Waals surface area contributed by atoms with E-state index < -0.39 is 0 Å². The molecule has 18 heavy (non-hydrogen) atoms. The van der Waals surface area contributed by atoms with Crippen LogP contribution in [0.25, 0.3) is 11.4 Å². The van der Waals surface area contributed by atoms with Crippen LogP contribution in [-0.4, -0.2) is 21.8 Å². The van der Waals surface area contributed by atoms with Crippen LogP contribution in [-0.2, 0) is 6.54 Å². The molecule has 2 aromatic heterocycles. The molecule has 0 amide bonds. The first-order valence-electron chi connectivity index (χ1n) is 5.98. The molecule has 0 unspecified atom stereocenters. The van der Waals surface area contributed by atoms with E-state index in [4.69, 9.17) is 11.6 Å². The summed E-state index contributed by atoms with van der Waals surface area (Å²) in [5, 5.41) is 8.38. The lowest BCUT2D eigenvalue weighted by atomic mass is 10.2. The van der Waals surface area contributed by atoms with Crippen LogP contribution in [0.3, 0.4) is 0 Å². The molecule has 0 atom stereocenters. The summed E-state index contributed by atoms with van der Waals surface area (Å²) in [5.74, 6) is 0. The van der Waals surface area contributed by atoms with Gasteiger partial charge in [0.1, 0.15) is 5.69 Å². The van der Waals surface area contributed by atoms with E-state index in [0.29, 0.717) is 11.6 Å². The molecule has 96 valence electrons. The highest BCUT2D eigenvalue weighted by Crippen LogP contribution is 2.30. The molecule has 1 N–H and O–H groups in total. The monoisotopic (exact) mass is 264 g/mol. The van der Waals surface area contributed by atoms with Gasteiger partial charge in [0.15, 0.2) is 0 Å². The van der Waals surface area contributed by atoms with Gasteiger partial charge >= 0.3 is 0 Å². The predicted octanol–water partition coefficient (Wildman–Crippen LogP) is 2.90. The van der Waals surface area contributed by atoms with Crippen molar-refractivity contribution in [3.05, 3.63) is 35.1 Å². The Balaban J connectivity index is 2.53. The first-order chi connectivity index (χ1) is 8.65. The zero-order valence-corrected chi connectivity index (χ0v) is 11.6. The zero-order valence-electron chi connectivity index (χ0n) is 10.8. The second-order valence-electron chi connectivity index (χ2n) is 4.39. The molecule has 0 fully saturated rings. The first-order valence-corrected chi connectivity index (χ1v) is 6.35. The van der Waals surface area contributed by atoms with Crippen LogP contribution in [0.2, 0.25) is 5.02 Å². The number of rotatable bonds is 4. The Morgan fingerprint density at radius 1 is 1.39 bits per heavy atom. The van der Waals surface area contributed by atoms with Gasteiger partial charge in [-0.25, -0.2) is 0 Å². The van der Waals surface area contributed by atoms with Crippen LogP contribution < -0.4 is 5.32 Å². The number of pyridine rings is 1. The Hall–Kier alpha value is -1.39. The van der Waals surface area contributed by atoms with Crippen LogP contribution in [0.5, 0.6) is 0 Å². The average Bonchev–Trinajstić information content (AvgIpc) is 2.69. The van der Waals surface area contributed by atoms with E-state index >= 15 is 0 Å². The van der Waals surface area contributed by atoms with Crippen molar-refractivity contribution >= 4 is 11.6 Å². The largest absolute Gasteiger partial charge is 0.314 e. The van der Waals surface area contributed by atoms with Gasteiger partial charge in [-0.05, 0) is 33.0 Å². The molecule has 0 aliphatic carbocycles. The van der Waals surface area contributed by atoms with Crippen molar-refractivity contribution in [1.82, 2.24) is 20.1 Å². The fourth-order valence-electron chi connectivity index (χ4n) is 1.87. The summed E-state index contributed by atoms with van der Waals surface area (Å²) in [6.07, 6.45) is 1.75. The second kappa shape index (κ2) is 5.50. The van der Waals surface area contributed by atoms with Gasteiger partial charge in [-0.1, -0.05) is 17.7 Å². The Kier molecular flexibility index (Phi) is 3.99. The molecule has 2 heterocycles. The lowest BCUT2D eigenvalue weighted by Crippen LogP contribution is -2.14. The zero-order chi connectivity index (χ0) is 13.1. The lowest BCUT2D eigenvalue weighted by molar-refractivity contribution is 0.503. The number of aromatic nitrogens is 3. The number of hydrogen-bond acceptors (Lipinski definition) is 3. The quantitative estimate of drug-likeness (QED) is 0.923. The first kappa shape index (κ1) is 13.1. The van der Waals surface area contributed by atoms with Crippen molar-refractivity contribution in [1.29, 1.82) is 0 Å². The third kappa shape index (κ3) is 2.40. The molecule has 0 saturated heterocycles. The SMILES string of the molecule is CNCc1c(Cl)c(-c2ccccn2)nn1C(C)C. The van der Waals surface area contributed by atoms with Crippen molar-refractivity contribution in [2.24, 2.45) is 0 Å². The maximum Gasteiger partial charge on any atom is 0.130 e. The van der Waals surface area contributed by atoms with Crippen LogP contribution in [0.4, 0.5) is 0 Å². The summed E-state index contributed by atoms with van der Waals surface area (Å²) in [7, 11) is 1.90. The fourth-order valence-corrected chi connectivity index (χ4v) is 2.16. The standard InChI is InChI=1S/C13H17ClN4/c1-9(2)18-11(8-15-3)12(14)13(17-18)10-6-4-5-7-16-10/h4-7,9,15H,8H2,1-3H3. The predicted molar refractivity (Wildman–Crippen MR) is 73.6 cm³/mol. The molecule has 0 aromatic carbocycles. The maximum atomic E-state index is 6.42. The molecule has 0 aliphatic heterocycles. The van der Waals surface area contributed by atoms with Gasteiger partial charge in [-0.15, -0.1) is 0 Å². The molecular weight excluding hydrogens is 248 g/mol. The van der Waals surface area contributed by atoms with Gasteiger partial charge in [0.25, 0.3) is 0 Å². The summed E-state index contributed by atoms with van der Waals surface area (Å²) in [5.41, 5.74) is 2.55. The van der Waals surface area contributed by atoms with E-state index in [0.717, 1.165) is 17.1 Å². The van der Waals surface area contributed by atoms with Crippen molar-refractivity contribution in [3.63, 3.8) is 0 Å². The molecule has 2 rings (SSSR count). The Bertz CT molecular complexity index is 519. The second-order valence-corrected chi connectivity index (χ2v) is 4.77. The number of hydrogen-bond donors (Lipinski definition) is 1. The van der Waals surface area contributed by atoms with Crippen molar-refractivity contribution < 1.29 is 0 Å². The summed E-state index contributed by atoms with van der Waals surface area (Å²) >= 11 is 6.42. The van der Waals surface area contributed by atoms with E-state index in [1.165, 1.54) is 0 Å². The van der Waals surface area contributed by atoms with Crippen LogP contribution in [0.1, 0.15) is 25.6 Å².